The van der Waals surface area contributed by atoms with E-state index in [1.165, 1.54) is 24.0 Å². The first kappa shape index (κ1) is 10.5. The highest BCUT2D eigenvalue weighted by molar-refractivity contribution is 5.47. The summed E-state index contributed by atoms with van der Waals surface area (Å²) in [5.41, 5.74) is 2.64. The highest BCUT2D eigenvalue weighted by Gasteiger charge is 2.28. The van der Waals surface area contributed by atoms with Gasteiger partial charge in [-0.05, 0) is 49.7 Å². The van der Waals surface area contributed by atoms with Gasteiger partial charge in [0, 0.05) is 0 Å². The van der Waals surface area contributed by atoms with E-state index in [4.69, 9.17) is 4.74 Å². The number of hydrogen-bond acceptors (Lipinski definition) is 1. The predicted molar refractivity (Wildman–Crippen MR) is 63.4 cm³/mol. The van der Waals surface area contributed by atoms with Gasteiger partial charge >= 0.3 is 0 Å². The molecule has 0 spiro atoms. The SMILES string of the molecule is [CH2]C(C)c1cccc(C2CC2)c1OCC. The molecule has 81 valence electrons. The summed E-state index contributed by atoms with van der Waals surface area (Å²) < 4.78 is 5.79. The zero-order chi connectivity index (χ0) is 10.8. The van der Waals surface area contributed by atoms with Gasteiger partial charge in [-0.1, -0.05) is 25.1 Å². The van der Waals surface area contributed by atoms with Crippen LogP contribution in [0.3, 0.4) is 0 Å². The fourth-order valence-electron chi connectivity index (χ4n) is 1.99. The van der Waals surface area contributed by atoms with Crippen LogP contribution >= 0.6 is 0 Å². The average Bonchev–Trinajstić information content (AvgIpc) is 3.01. The molecular formula is C14H19O. The third kappa shape index (κ3) is 2.17. The molecule has 1 unspecified atom stereocenters. The summed E-state index contributed by atoms with van der Waals surface area (Å²) in [6.07, 6.45) is 2.63. The minimum absolute atomic E-state index is 0.297. The van der Waals surface area contributed by atoms with Crippen molar-refractivity contribution in [1.29, 1.82) is 0 Å². The van der Waals surface area contributed by atoms with Gasteiger partial charge in [0.2, 0.25) is 0 Å². The van der Waals surface area contributed by atoms with E-state index in [0.717, 1.165) is 18.3 Å². The Morgan fingerprint density at radius 1 is 1.47 bits per heavy atom. The van der Waals surface area contributed by atoms with Crippen molar-refractivity contribution in [2.24, 2.45) is 0 Å². The van der Waals surface area contributed by atoms with Gasteiger partial charge in [-0.3, -0.25) is 0 Å². The molecule has 1 radical (unpaired) electrons. The first-order valence-corrected chi connectivity index (χ1v) is 5.82. The molecule has 0 aliphatic heterocycles. The van der Waals surface area contributed by atoms with Crippen LogP contribution in [-0.4, -0.2) is 6.61 Å². The minimum Gasteiger partial charge on any atom is -0.493 e. The Bertz CT molecular complexity index is 317. The fraction of sp³-hybridized carbons (Fsp3) is 0.500. The van der Waals surface area contributed by atoms with Crippen LogP contribution in [0.2, 0.25) is 0 Å². The van der Waals surface area contributed by atoms with Crippen LogP contribution < -0.4 is 4.74 Å². The van der Waals surface area contributed by atoms with E-state index < -0.39 is 0 Å². The Labute approximate surface area is 92.5 Å². The van der Waals surface area contributed by atoms with Crippen LogP contribution in [0.25, 0.3) is 0 Å². The quantitative estimate of drug-likeness (QED) is 0.721. The van der Waals surface area contributed by atoms with Crippen molar-refractivity contribution in [2.75, 3.05) is 6.61 Å². The molecule has 0 amide bonds. The Balaban J connectivity index is 2.40. The zero-order valence-electron chi connectivity index (χ0n) is 9.62. The summed E-state index contributed by atoms with van der Waals surface area (Å²) >= 11 is 0. The number of rotatable bonds is 4. The predicted octanol–water partition coefficient (Wildman–Crippen LogP) is 3.90. The van der Waals surface area contributed by atoms with Gasteiger partial charge in [0.1, 0.15) is 5.75 Å². The van der Waals surface area contributed by atoms with Crippen LogP contribution in [0.1, 0.15) is 49.7 Å². The second kappa shape index (κ2) is 4.26. The Morgan fingerprint density at radius 2 is 2.20 bits per heavy atom. The lowest BCUT2D eigenvalue weighted by Crippen LogP contribution is -2.01. The molecule has 0 heterocycles. The Morgan fingerprint density at radius 3 is 2.73 bits per heavy atom. The molecule has 0 aromatic heterocycles. The van der Waals surface area contributed by atoms with E-state index in [9.17, 15) is 0 Å². The molecule has 2 rings (SSSR count). The maximum atomic E-state index is 5.79. The lowest BCUT2D eigenvalue weighted by atomic mass is 9.97. The van der Waals surface area contributed by atoms with E-state index in [1.807, 2.05) is 6.92 Å². The number of hydrogen-bond donors (Lipinski definition) is 0. The van der Waals surface area contributed by atoms with Gasteiger partial charge in [0.15, 0.2) is 0 Å². The van der Waals surface area contributed by atoms with Crippen molar-refractivity contribution >= 4 is 0 Å². The lowest BCUT2D eigenvalue weighted by molar-refractivity contribution is 0.332. The van der Waals surface area contributed by atoms with Gasteiger partial charge in [-0.15, -0.1) is 0 Å². The summed E-state index contributed by atoms with van der Waals surface area (Å²) in [5.74, 6) is 2.14. The minimum atomic E-state index is 0.297. The molecule has 1 heteroatoms. The van der Waals surface area contributed by atoms with Crippen molar-refractivity contribution in [2.45, 2.75) is 38.5 Å². The molecule has 1 fully saturated rings. The first-order valence-electron chi connectivity index (χ1n) is 5.82. The first-order chi connectivity index (χ1) is 7.24. The van der Waals surface area contributed by atoms with Gasteiger partial charge in [-0.2, -0.15) is 0 Å². The lowest BCUT2D eigenvalue weighted by Gasteiger charge is -2.16. The molecule has 0 bridgehead atoms. The van der Waals surface area contributed by atoms with Crippen LogP contribution in [0.5, 0.6) is 5.75 Å². The Kier molecular flexibility index (Phi) is 2.99. The number of ether oxygens (including phenoxy) is 1. The summed E-state index contributed by atoms with van der Waals surface area (Å²) in [7, 11) is 0. The zero-order valence-corrected chi connectivity index (χ0v) is 9.62. The van der Waals surface area contributed by atoms with E-state index in [1.54, 1.807) is 0 Å². The second-order valence-corrected chi connectivity index (χ2v) is 4.37. The van der Waals surface area contributed by atoms with E-state index in [-0.39, 0.29) is 0 Å². The van der Waals surface area contributed by atoms with Crippen LogP contribution in [0, 0.1) is 6.92 Å². The molecule has 1 atom stereocenters. The third-order valence-electron chi connectivity index (χ3n) is 2.91. The van der Waals surface area contributed by atoms with Crippen LogP contribution in [0.15, 0.2) is 18.2 Å². The topological polar surface area (TPSA) is 9.23 Å². The maximum Gasteiger partial charge on any atom is 0.126 e. The highest BCUT2D eigenvalue weighted by atomic mass is 16.5. The highest BCUT2D eigenvalue weighted by Crippen LogP contribution is 2.46. The number of benzene rings is 1. The fourth-order valence-corrected chi connectivity index (χ4v) is 1.99. The van der Waals surface area contributed by atoms with Gasteiger partial charge in [-0.25, -0.2) is 0 Å². The monoisotopic (exact) mass is 203 g/mol. The molecular weight excluding hydrogens is 184 g/mol. The largest absolute Gasteiger partial charge is 0.493 e. The molecule has 0 N–H and O–H groups in total. The van der Waals surface area contributed by atoms with Crippen LogP contribution in [0.4, 0.5) is 0 Å². The number of para-hydroxylation sites is 1. The molecule has 1 aliphatic carbocycles. The van der Waals surface area contributed by atoms with Crippen molar-refractivity contribution in [3.05, 3.63) is 36.2 Å². The van der Waals surface area contributed by atoms with Gasteiger partial charge in [0.05, 0.1) is 6.61 Å². The average molecular weight is 203 g/mol. The van der Waals surface area contributed by atoms with Crippen molar-refractivity contribution < 1.29 is 4.74 Å². The Hall–Kier alpha value is -0.980. The smallest absolute Gasteiger partial charge is 0.126 e. The van der Waals surface area contributed by atoms with Gasteiger partial charge in [0.25, 0.3) is 0 Å². The summed E-state index contributed by atoms with van der Waals surface area (Å²) in [6.45, 7) is 8.99. The molecule has 1 saturated carbocycles. The summed E-state index contributed by atoms with van der Waals surface area (Å²) in [6, 6.07) is 6.47. The third-order valence-corrected chi connectivity index (χ3v) is 2.91. The molecule has 1 aliphatic rings. The van der Waals surface area contributed by atoms with E-state index in [2.05, 4.69) is 32.0 Å². The molecule has 1 nitrogen and oxygen atoms in total. The van der Waals surface area contributed by atoms with E-state index in [0.29, 0.717) is 5.92 Å². The maximum absolute atomic E-state index is 5.79. The molecule has 1 aromatic carbocycles. The van der Waals surface area contributed by atoms with Gasteiger partial charge < -0.3 is 4.74 Å². The molecule has 1 aromatic rings. The van der Waals surface area contributed by atoms with Crippen LogP contribution in [-0.2, 0) is 0 Å². The summed E-state index contributed by atoms with van der Waals surface area (Å²) in [4.78, 5) is 0. The molecule has 15 heavy (non-hydrogen) atoms. The molecule has 0 saturated heterocycles. The second-order valence-electron chi connectivity index (χ2n) is 4.37. The van der Waals surface area contributed by atoms with E-state index >= 15 is 0 Å². The van der Waals surface area contributed by atoms with Crippen molar-refractivity contribution in [1.82, 2.24) is 0 Å². The normalized spacial score (nSPS) is 15.7. The standard InChI is InChI=1S/C14H19O/c1-4-15-14-12(10(2)3)6-5-7-13(14)11-8-9-11/h5-7,10-11H,2,4,8-9H2,1,3H3. The summed E-state index contributed by atoms with van der Waals surface area (Å²) in [5, 5.41) is 0. The van der Waals surface area contributed by atoms with Crippen molar-refractivity contribution in [3.63, 3.8) is 0 Å². The van der Waals surface area contributed by atoms with Crippen molar-refractivity contribution in [3.8, 4) is 5.75 Å².